The zero-order valence-electron chi connectivity index (χ0n) is 14.7. The molecule has 140 valence electrons. The van der Waals surface area contributed by atoms with Gasteiger partial charge in [0.05, 0.1) is 13.2 Å². The Balaban J connectivity index is 1.43. The lowest BCUT2D eigenvalue weighted by molar-refractivity contribution is 0.0384. The fourth-order valence-electron chi connectivity index (χ4n) is 2.84. The van der Waals surface area contributed by atoms with Crippen LogP contribution in [-0.4, -0.2) is 44.3 Å². The van der Waals surface area contributed by atoms with Crippen LogP contribution in [0.1, 0.15) is 11.1 Å². The Morgan fingerprint density at radius 1 is 1.08 bits per heavy atom. The summed E-state index contributed by atoms with van der Waals surface area (Å²) in [7, 11) is 0. The lowest BCUT2D eigenvalue weighted by Crippen LogP contribution is -2.40. The first-order valence-electron chi connectivity index (χ1n) is 8.87. The summed E-state index contributed by atoms with van der Waals surface area (Å²) >= 11 is 12.1. The number of nitrogens with zero attached hydrogens (tertiary/aromatic N) is 1. The quantitative estimate of drug-likeness (QED) is 0.686. The smallest absolute Gasteiger partial charge is 0.120 e. The molecule has 1 aliphatic rings. The maximum atomic E-state index is 6.19. The Bertz CT molecular complexity index is 706. The standard InChI is InChI=1S/C20H24Cl2N2O2/c21-18-5-4-17(20(22)13-18)15-26-19-3-1-2-16(12-19)14-23-6-7-24-8-10-25-11-9-24/h1-5,12-13,23H,6-11,14-15H2. The molecule has 1 N–H and O–H groups in total. The van der Waals surface area contributed by atoms with Crippen LogP contribution in [0.4, 0.5) is 0 Å². The van der Waals surface area contributed by atoms with E-state index in [0.717, 1.165) is 57.3 Å². The van der Waals surface area contributed by atoms with Crippen LogP contribution >= 0.6 is 23.2 Å². The highest BCUT2D eigenvalue weighted by Crippen LogP contribution is 2.23. The Kier molecular flexibility index (Phi) is 7.59. The molecule has 6 heteroatoms. The second-order valence-electron chi connectivity index (χ2n) is 6.30. The Morgan fingerprint density at radius 3 is 2.73 bits per heavy atom. The highest BCUT2D eigenvalue weighted by molar-refractivity contribution is 6.35. The van der Waals surface area contributed by atoms with Gasteiger partial charge in [-0.25, -0.2) is 0 Å². The van der Waals surface area contributed by atoms with Gasteiger partial charge in [-0.15, -0.1) is 0 Å². The second-order valence-corrected chi connectivity index (χ2v) is 7.15. The maximum Gasteiger partial charge on any atom is 0.120 e. The highest BCUT2D eigenvalue weighted by Gasteiger charge is 2.09. The van der Waals surface area contributed by atoms with Gasteiger partial charge in [0.1, 0.15) is 12.4 Å². The molecule has 0 saturated carbocycles. The van der Waals surface area contributed by atoms with Crippen LogP contribution in [0.2, 0.25) is 10.0 Å². The van der Waals surface area contributed by atoms with E-state index < -0.39 is 0 Å². The van der Waals surface area contributed by atoms with E-state index in [4.69, 9.17) is 32.7 Å². The van der Waals surface area contributed by atoms with Crippen molar-refractivity contribution in [2.45, 2.75) is 13.2 Å². The van der Waals surface area contributed by atoms with Crippen molar-refractivity contribution in [3.8, 4) is 5.75 Å². The molecule has 0 spiro atoms. The number of ether oxygens (including phenoxy) is 2. The van der Waals surface area contributed by atoms with Crippen LogP contribution in [0.25, 0.3) is 0 Å². The number of rotatable bonds is 8. The number of halogens is 2. The Hall–Kier alpha value is -1.30. The molecule has 2 aromatic rings. The van der Waals surface area contributed by atoms with Crippen LogP contribution in [0.5, 0.6) is 5.75 Å². The van der Waals surface area contributed by atoms with E-state index in [1.54, 1.807) is 6.07 Å². The normalized spacial score (nSPS) is 15.2. The topological polar surface area (TPSA) is 33.7 Å². The first-order valence-corrected chi connectivity index (χ1v) is 9.63. The lowest BCUT2D eigenvalue weighted by atomic mass is 10.2. The Labute approximate surface area is 165 Å². The number of hydrogen-bond acceptors (Lipinski definition) is 4. The third-order valence-electron chi connectivity index (χ3n) is 4.35. The van der Waals surface area contributed by atoms with E-state index in [1.165, 1.54) is 5.56 Å². The summed E-state index contributed by atoms with van der Waals surface area (Å²) < 4.78 is 11.2. The van der Waals surface area contributed by atoms with Gasteiger partial charge in [-0.05, 0) is 29.8 Å². The van der Waals surface area contributed by atoms with Gasteiger partial charge >= 0.3 is 0 Å². The summed E-state index contributed by atoms with van der Waals surface area (Å²) in [5.41, 5.74) is 2.12. The number of nitrogens with one attached hydrogen (secondary N) is 1. The van der Waals surface area contributed by atoms with E-state index >= 15 is 0 Å². The molecule has 0 aliphatic carbocycles. The molecule has 0 atom stereocenters. The average molecular weight is 395 g/mol. The second kappa shape index (κ2) is 10.1. The fraction of sp³-hybridized carbons (Fsp3) is 0.400. The molecule has 3 rings (SSSR count). The van der Waals surface area contributed by atoms with E-state index in [9.17, 15) is 0 Å². The van der Waals surface area contributed by atoms with Crippen molar-refractivity contribution in [2.75, 3.05) is 39.4 Å². The lowest BCUT2D eigenvalue weighted by Gasteiger charge is -2.26. The van der Waals surface area contributed by atoms with Crippen molar-refractivity contribution < 1.29 is 9.47 Å². The van der Waals surface area contributed by atoms with Crippen molar-refractivity contribution in [3.05, 3.63) is 63.6 Å². The van der Waals surface area contributed by atoms with E-state index in [0.29, 0.717) is 16.7 Å². The third-order valence-corrected chi connectivity index (χ3v) is 4.93. The minimum absolute atomic E-state index is 0.421. The molecule has 1 fully saturated rings. The molecular formula is C20H24Cl2N2O2. The number of morpholine rings is 1. The highest BCUT2D eigenvalue weighted by atomic mass is 35.5. The molecular weight excluding hydrogens is 371 g/mol. The molecule has 2 aromatic carbocycles. The van der Waals surface area contributed by atoms with Gasteiger partial charge in [0.25, 0.3) is 0 Å². The zero-order chi connectivity index (χ0) is 18.2. The molecule has 4 nitrogen and oxygen atoms in total. The third kappa shape index (κ3) is 6.15. The van der Waals surface area contributed by atoms with E-state index in [2.05, 4.69) is 22.3 Å². The molecule has 0 amide bonds. The fourth-order valence-corrected chi connectivity index (χ4v) is 3.30. The van der Waals surface area contributed by atoms with Crippen molar-refractivity contribution in [1.29, 1.82) is 0 Å². The number of hydrogen-bond donors (Lipinski definition) is 1. The van der Waals surface area contributed by atoms with Gasteiger partial charge in [-0.2, -0.15) is 0 Å². The summed E-state index contributed by atoms with van der Waals surface area (Å²) in [6, 6.07) is 13.6. The van der Waals surface area contributed by atoms with Crippen LogP contribution in [0, 0.1) is 0 Å². The first-order chi connectivity index (χ1) is 12.7. The number of benzene rings is 2. The van der Waals surface area contributed by atoms with Crippen molar-refractivity contribution in [3.63, 3.8) is 0 Å². The van der Waals surface area contributed by atoms with Gasteiger partial charge in [-0.1, -0.05) is 41.4 Å². The average Bonchev–Trinajstić information content (AvgIpc) is 2.66. The minimum Gasteiger partial charge on any atom is -0.489 e. The van der Waals surface area contributed by atoms with Gasteiger partial charge in [-0.3, -0.25) is 4.90 Å². The van der Waals surface area contributed by atoms with Crippen LogP contribution in [0.15, 0.2) is 42.5 Å². The Morgan fingerprint density at radius 2 is 1.92 bits per heavy atom. The first kappa shape index (κ1) is 19.5. The van der Waals surface area contributed by atoms with Crippen LogP contribution in [0.3, 0.4) is 0 Å². The van der Waals surface area contributed by atoms with Crippen molar-refractivity contribution >= 4 is 23.2 Å². The molecule has 0 unspecified atom stereocenters. The van der Waals surface area contributed by atoms with Gasteiger partial charge in [0.2, 0.25) is 0 Å². The zero-order valence-corrected chi connectivity index (χ0v) is 16.2. The van der Waals surface area contributed by atoms with Gasteiger partial charge in [0, 0.05) is 48.3 Å². The van der Waals surface area contributed by atoms with Gasteiger partial charge < -0.3 is 14.8 Å². The van der Waals surface area contributed by atoms with Crippen LogP contribution < -0.4 is 10.1 Å². The SMILES string of the molecule is Clc1ccc(COc2cccc(CNCCN3CCOCC3)c2)c(Cl)c1. The summed E-state index contributed by atoms with van der Waals surface area (Å²) in [6.07, 6.45) is 0. The summed E-state index contributed by atoms with van der Waals surface area (Å²) in [5.74, 6) is 0.837. The van der Waals surface area contributed by atoms with Gasteiger partial charge in [0.15, 0.2) is 0 Å². The van der Waals surface area contributed by atoms with Crippen molar-refractivity contribution in [1.82, 2.24) is 10.2 Å². The van der Waals surface area contributed by atoms with Crippen molar-refractivity contribution in [2.24, 2.45) is 0 Å². The summed E-state index contributed by atoms with van der Waals surface area (Å²) in [4.78, 5) is 2.42. The van der Waals surface area contributed by atoms with E-state index in [1.807, 2.05) is 24.3 Å². The molecule has 26 heavy (non-hydrogen) atoms. The molecule has 0 radical (unpaired) electrons. The molecule has 0 bridgehead atoms. The van der Waals surface area contributed by atoms with Crippen LogP contribution in [-0.2, 0) is 17.9 Å². The monoisotopic (exact) mass is 394 g/mol. The molecule has 1 saturated heterocycles. The largest absolute Gasteiger partial charge is 0.489 e. The molecule has 1 aliphatic heterocycles. The predicted molar refractivity (Wildman–Crippen MR) is 106 cm³/mol. The van der Waals surface area contributed by atoms with E-state index in [-0.39, 0.29) is 0 Å². The predicted octanol–water partition coefficient (Wildman–Crippen LogP) is 3.99. The molecule has 0 aromatic heterocycles. The summed E-state index contributed by atoms with van der Waals surface area (Å²) in [6.45, 7) is 7.00. The molecule has 1 heterocycles. The maximum absolute atomic E-state index is 6.19. The summed E-state index contributed by atoms with van der Waals surface area (Å²) in [5, 5.41) is 4.74. The minimum atomic E-state index is 0.421.